The van der Waals surface area contributed by atoms with Crippen molar-refractivity contribution in [2.45, 2.75) is 90.6 Å². The van der Waals surface area contributed by atoms with E-state index in [0.29, 0.717) is 6.10 Å². The molecular formula is C18H37NO. The highest BCUT2D eigenvalue weighted by molar-refractivity contribution is 4.71. The molecule has 1 fully saturated rings. The lowest BCUT2D eigenvalue weighted by molar-refractivity contribution is -0.0331. The van der Waals surface area contributed by atoms with Crippen LogP contribution >= 0.6 is 0 Å². The maximum absolute atomic E-state index is 5.85. The number of ether oxygens (including phenoxy) is 1. The topological polar surface area (TPSA) is 12.5 Å². The third-order valence-corrected chi connectivity index (χ3v) is 4.43. The molecule has 0 radical (unpaired) electrons. The summed E-state index contributed by atoms with van der Waals surface area (Å²) in [6, 6.07) is 0. The van der Waals surface area contributed by atoms with E-state index in [1.165, 1.54) is 83.7 Å². The van der Waals surface area contributed by atoms with E-state index >= 15 is 0 Å². The van der Waals surface area contributed by atoms with Gasteiger partial charge >= 0.3 is 0 Å². The van der Waals surface area contributed by atoms with Crippen molar-refractivity contribution in [3.63, 3.8) is 0 Å². The molecule has 0 unspecified atom stereocenters. The molecular weight excluding hydrogens is 246 g/mol. The summed E-state index contributed by atoms with van der Waals surface area (Å²) in [5, 5.41) is 0. The fraction of sp³-hybridized carbons (Fsp3) is 1.00. The smallest absolute Gasteiger partial charge is 0.0702 e. The Morgan fingerprint density at radius 1 is 0.850 bits per heavy atom. The molecule has 1 atom stereocenters. The molecule has 0 aliphatic carbocycles. The van der Waals surface area contributed by atoms with Crippen LogP contribution in [-0.4, -0.2) is 37.2 Å². The number of unbranched alkanes of at least 4 members (excludes halogenated alkanes) is 8. The van der Waals surface area contributed by atoms with Crippen LogP contribution in [0.25, 0.3) is 0 Å². The van der Waals surface area contributed by atoms with E-state index in [4.69, 9.17) is 4.74 Å². The SMILES string of the molecule is CCCCCCCCCCN1CCO[C@H](CCCC)C1. The van der Waals surface area contributed by atoms with Crippen LogP contribution in [0.4, 0.5) is 0 Å². The fourth-order valence-corrected chi connectivity index (χ4v) is 3.06. The molecule has 0 N–H and O–H groups in total. The van der Waals surface area contributed by atoms with Gasteiger partial charge in [0.15, 0.2) is 0 Å². The first-order chi connectivity index (χ1) is 9.86. The van der Waals surface area contributed by atoms with Gasteiger partial charge in [-0.05, 0) is 19.4 Å². The van der Waals surface area contributed by atoms with Crippen molar-refractivity contribution in [3.05, 3.63) is 0 Å². The zero-order chi connectivity index (χ0) is 14.5. The first kappa shape index (κ1) is 18.0. The van der Waals surface area contributed by atoms with E-state index in [1.54, 1.807) is 0 Å². The van der Waals surface area contributed by atoms with Crippen LogP contribution in [-0.2, 0) is 4.74 Å². The highest BCUT2D eigenvalue weighted by Crippen LogP contribution is 2.13. The second kappa shape index (κ2) is 12.6. The quantitative estimate of drug-likeness (QED) is 0.466. The van der Waals surface area contributed by atoms with Crippen LogP contribution in [0.15, 0.2) is 0 Å². The molecule has 0 aromatic heterocycles. The van der Waals surface area contributed by atoms with Gasteiger partial charge in [0.1, 0.15) is 0 Å². The zero-order valence-electron chi connectivity index (χ0n) is 14.0. The monoisotopic (exact) mass is 283 g/mol. The molecule has 2 nitrogen and oxygen atoms in total. The summed E-state index contributed by atoms with van der Waals surface area (Å²) >= 11 is 0. The van der Waals surface area contributed by atoms with Gasteiger partial charge in [0.05, 0.1) is 12.7 Å². The van der Waals surface area contributed by atoms with Crippen LogP contribution in [0.2, 0.25) is 0 Å². The third kappa shape index (κ3) is 8.97. The minimum absolute atomic E-state index is 0.512. The van der Waals surface area contributed by atoms with Crippen molar-refractivity contribution in [3.8, 4) is 0 Å². The number of hydrogen-bond donors (Lipinski definition) is 0. The normalized spacial score (nSPS) is 20.4. The third-order valence-electron chi connectivity index (χ3n) is 4.43. The fourth-order valence-electron chi connectivity index (χ4n) is 3.06. The second-order valence-corrected chi connectivity index (χ2v) is 6.41. The Hall–Kier alpha value is -0.0800. The summed E-state index contributed by atoms with van der Waals surface area (Å²) in [7, 11) is 0. The van der Waals surface area contributed by atoms with Gasteiger partial charge in [-0.15, -0.1) is 0 Å². The summed E-state index contributed by atoms with van der Waals surface area (Å²) in [4.78, 5) is 2.63. The Morgan fingerprint density at radius 2 is 1.50 bits per heavy atom. The van der Waals surface area contributed by atoms with E-state index in [-0.39, 0.29) is 0 Å². The van der Waals surface area contributed by atoms with Gasteiger partial charge in [0.25, 0.3) is 0 Å². The number of rotatable bonds is 12. The van der Waals surface area contributed by atoms with Crippen LogP contribution in [0.3, 0.4) is 0 Å². The highest BCUT2D eigenvalue weighted by atomic mass is 16.5. The molecule has 0 saturated carbocycles. The van der Waals surface area contributed by atoms with E-state index in [1.807, 2.05) is 0 Å². The standard InChI is InChI=1S/C18H37NO/c1-3-5-7-8-9-10-11-12-14-19-15-16-20-18(17-19)13-6-4-2/h18H,3-17H2,1-2H3/t18-/m1/s1. The first-order valence-electron chi connectivity index (χ1n) is 9.20. The minimum Gasteiger partial charge on any atom is -0.376 e. The number of morpholine rings is 1. The van der Waals surface area contributed by atoms with E-state index in [0.717, 1.165) is 13.2 Å². The van der Waals surface area contributed by atoms with Gasteiger partial charge in [-0.2, -0.15) is 0 Å². The molecule has 0 spiro atoms. The van der Waals surface area contributed by atoms with Crippen molar-refractivity contribution in [2.24, 2.45) is 0 Å². The molecule has 1 aliphatic rings. The Bertz CT molecular complexity index is 208. The van der Waals surface area contributed by atoms with Crippen LogP contribution in [0.1, 0.15) is 84.5 Å². The number of hydrogen-bond acceptors (Lipinski definition) is 2. The molecule has 1 heterocycles. The summed E-state index contributed by atoms with van der Waals surface area (Å²) < 4.78 is 5.85. The Balaban J connectivity index is 1.93. The van der Waals surface area contributed by atoms with Gasteiger partial charge in [0, 0.05) is 13.1 Å². The Labute approximate surface area is 127 Å². The lowest BCUT2D eigenvalue weighted by Crippen LogP contribution is -2.42. The maximum atomic E-state index is 5.85. The molecule has 2 heteroatoms. The van der Waals surface area contributed by atoms with Crippen LogP contribution in [0.5, 0.6) is 0 Å². The molecule has 20 heavy (non-hydrogen) atoms. The van der Waals surface area contributed by atoms with Gasteiger partial charge in [0.2, 0.25) is 0 Å². The van der Waals surface area contributed by atoms with Crippen molar-refractivity contribution >= 4 is 0 Å². The Morgan fingerprint density at radius 3 is 2.20 bits per heavy atom. The summed E-state index contributed by atoms with van der Waals surface area (Å²) in [6.45, 7) is 9.12. The molecule has 120 valence electrons. The average Bonchev–Trinajstić information content (AvgIpc) is 2.48. The van der Waals surface area contributed by atoms with Crippen molar-refractivity contribution in [2.75, 3.05) is 26.2 Å². The first-order valence-corrected chi connectivity index (χ1v) is 9.20. The van der Waals surface area contributed by atoms with Gasteiger partial charge in [-0.25, -0.2) is 0 Å². The average molecular weight is 284 g/mol. The van der Waals surface area contributed by atoms with Gasteiger partial charge in [-0.3, -0.25) is 4.90 Å². The minimum atomic E-state index is 0.512. The summed E-state index contributed by atoms with van der Waals surface area (Å²) in [6.07, 6.45) is 15.7. The van der Waals surface area contributed by atoms with Gasteiger partial charge < -0.3 is 4.74 Å². The van der Waals surface area contributed by atoms with Crippen LogP contribution in [0, 0.1) is 0 Å². The Kier molecular flexibility index (Phi) is 11.4. The highest BCUT2D eigenvalue weighted by Gasteiger charge is 2.19. The molecule has 0 bridgehead atoms. The lowest BCUT2D eigenvalue weighted by atomic mass is 10.1. The van der Waals surface area contributed by atoms with E-state index in [9.17, 15) is 0 Å². The number of nitrogens with zero attached hydrogens (tertiary/aromatic N) is 1. The summed E-state index contributed by atoms with van der Waals surface area (Å²) in [5.41, 5.74) is 0. The molecule has 1 saturated heterocycles. The predicted molar refractivity (Wildman–Crippen MR) is 88.3 cm³/mol. The van der Waals surface area contributed by atoms with E-state index in [2.05, 4.69) is 18.7 Å². The van der Waals surface area contributed by atoms with E-state index < -0.39 is 0 Å². The summed E-state index contributed by atoms with van der Waals surface area (Å²) in [5.74, 6) is 0. The van der Waals surface area contributed by atoms with Crippen molar-refractivity contribution in [1.29, 1.82) is 0 Å². The van der Waals surface area contributed by atoms with Gasteiger partial charge in [-0.1, -0.05) is 71.6 Å². The molecule has 1 aliphatic heterocycles. The molecule has 0 aromatic carbocycles. The lowest BCUT2D eigenvalue weighted by Gasteiger charge is -2.33. The second-order valence-electron chi connectivity index (χ2n) is 6.41. The van der Waals surface area contributed by atoms with Crippen molar-refractivity contribution in [1.82, 2.24) is 4.90 Å². The predicted octanol–water partition coefficient (Wildman–Crippen LogP) is 5.02. The largest absolute Gasteiger partial charge is 0.376 e. The van der Waals surface area contributed by atoms with Crippen molar-refractivity contribution < 1.29 is 4.74 Å². The maximum Gasteiger partial charge on any atom is 0.0702 e. The molecule has 0 amide bonds. The molecule has 1 rings (SSSR count). The zero-order valence-corrected chi connectivity index (χ0v) is 14.0. The molecule has 0 aromatic rings. The van der Waals surface area contributed by atoms with Crippen LogP contribution < -0.4 is 0 Å².